The molecule has 0 heterocycles. The molecular weight excluding hydrogens is 228 g/mol. The second kappa shape index (κ2) is 4.77. The highest BCUT2D eigenvalue weighted by Crippen LogP contribution is 2.37. The van der Waals surface area contributed by atoms with Crippen molar-refractivity contribution in [1.29, 1.82) is 0 Å². The molecule has 0 unspecified atom stereocenters. The van der Waals surface area contributed by atoms with Crippen LogP contribution in [0.4, 0.5) is 11.4 Å². The molecule has 0 aliphatic carbocycles. The van der Waals surface area contributed by atoms with Crippen LogP contribution in [0.3, 0.4) is 0 Å². The Morgan fingerprint density at radius 1 is 1.24 bits per heavy atom. The van der Waals surface area contributed by atoms with Crippen LogP contribution in [0.2, 0.25) is 0 Å². The van der Waals surface area contributed by atoms with Crippen LogP contribution in [-0.4, -0.2) is 15.0 Å². The molecule has 0 bridgehead atoms. The zero-order chi connectivity index (χ0) is 13.2. The average molecular weight is 240 g/mol. The first-order valence-electron chi connectivity index (χ1n) is 4.98. The molecule has 0 aliphatic rings. The molecule has 0 aliphatic heterocycles. The van der Waals surface area contributed by atoms with Gasteiger partial charge in [0, 0.05) is 6.07 Å². The summed E-state index contributed by atoms with van der Waals surface area (Å²) in [5, 5.41) is 31.1. The fourth-order valence-electron chi connectivity index (χ4n) is 1.57. The maximum absolute atomic E-state index is 10.9. The highest BCUT2D eigenvalue weighted by atomic mass is 16.6. The lowest BCUT2D eigenvalue weighted by Gasteiger charge is -2.08. The van der Waals surface area contributed by atoms with Gasteiger partial charge in [0.25, 0.3) is 0 Å². The number of phenolic OH excluding ortho intramolecular Hbond substituents is 1. The van der Waals surface area contributed by atoms with Crippen LogP contribution in [-0.2, 0) is 6.42 Å². The van der Waals surface area contributed by atoms with Crippen molar-refractivity contribution in [3.05, 3.63) is 37.9 Å². The Morgan fingerprint density at radius 2 is 1.82 bits per heavy atom. The number of hydrogen-bond donors (Lipinski definition) is 1. The predicted octanol–water partition coefficient (Wildman–Crippen LogP) is 2.41. The van der Waals surface area contributed by atoms with Gasteiger partial charge in [0.05, 0.1) is 15.4 Å². The summed E-state index contributed by atoms with van der Waals surface area (Å²) in [5.74, 6) is -0.238. The first-order chi connectivity index (χ1) is 7.84. The monoisotopic (exact) mass is 240 g/mol. The number of benzene rings is 1. The molecule has 7 nitrogen and oxygen atoms in total. The summed E-state index contributed by atoms with van der Waals surface area (Å²) < 4.78 is 0. The van der Waals surface area contributed by atoms with Crippen LogP contribution >= 0.6 is 0 Å². The van der Waals surface area contributed by atoms with Crippen molar-refractivity contribution in [3.8, 4) is 5.75 Å². The summed E-state index contributed by atoms with van der Waals surface area (Å²) in [6, 6.07) is 2.06. The van der Waals surface area contributed by atoms with Crippen molar-refractivity contribution in [3.63, 3.8) is 0 Å². The van der Waals surface area contributed by atoms with Gasteiger partial charge in [-0.1, -0.05) is 13.8 Å². The highest BCUT2D eigenvalue weighted by molar-refractivity contribution is 5.62. The second-order valence-corrected chi connectivity index (χ2v) is 4.04. The van der Waals surface area contributed by atoms with E-state index in [9.17, 15) is 25.3 Å². The number of nitro benzene ring substituents is 2. The third kappa shape index (κ3) is 2.68. The third-order valence-corrected chi connectivity index (χ3v) is 2.23. The Balaban J connectivity index is 3.48. The highest BCUT2D eigenvalue weighted by Gasteiger charge is 2.30. The SMILES string of the molecule is CC(C)Cc1c(O)ccc([N+](=O)[O-])c1[N+](=O)[O-]. The molecule has 0 spiro atoms. The van der Waals surface area contributed by atoms with Crippen molar-refractivity contribution >= 4 is 11.4 Å². The molecule has 1 aromatic rings. The van der Waals surface area contributed by atoms with E-state index in [-0.39, 0.29) is 23.7 Å². The summed E-state index contributed by atoms with van der Waals surface area (Å²) in [4.78, 5) is 19.9. The zero-order valence-electron chi connectivity index (χ0n) is 9.41. The Hall–Kier alpha value is -2.18. The molecule has 0 amide bonds. The number of nitrogens with zero attached hydrogens (tertiary/aromatic N) is 2. The lowest BCUT2D eigenvalue weighted by molar-refractivity contribution is -0.423. The Morgan fingerprint density at radius 3 is 2.24 bits per heavy atom. The van der Waals surface area contributed by atoms with E-state index in [0.717, 1.165) is 12.1 Å². The first-order valence-corrected chi connectivity index (χ1v) is 4.98. The van der Waals surface area contributed by atoms with E-state index < -0.39 is 21.2 Å². The van der Waals surface area contributed by atoms with Crippen LogP contribution in [0.15, 0.2) is 12.1 Å². The predicted molar refractivity (Wildman–Crippen MR) is 60.0 cm³/mol. The van der Waals surface area contributed by atoms with Gasteiger partial charge in [-0.3, -0.25) is 20.2 Å². The van der Waals surface area contributed by atoms with Crippen molar-refractivity contribution < 1.29 is 15.0 Å². The maximum Gasteiger partial charge on any atom is 0.352 e. The largest absolute Gasteiger partial charge is 0.507 e. The molecule has 1 N–H and O–H groups in total. The molecule has 0 saturated heterocycles. The number of phenols is 1. The molecule has 0 aromatic heterocycles. The first kappa shape index (κ1) is 12.9. The van der Waals surface area contributed by atoms with Gasteiger partial charge in [-0.05, 0) is 18.4 Å². The fourth-order valence-corrected chi connectivity index (χ4v) is 1.57. The molecule has 17 heavy (non-hydrogen) atoms. The minimum atomic E-state index is -0.824. The molecule has 0 atom stereocenters. The van der Waals surface area contributed by atoms with Crippen molar-refractivity contribution in [1.82, 2.24) is 0 Å². The Bertz CT molecular complexity index is 470. The number of rotatable bonds is 4. The van der Waals surface area contributed by atoms with Gasteiger partial charge in [-0.2, -0.15) is 0 Å². The maximum atomic E-state index is 10.9. The van der Waals surface area contributed by atoms with Crippen LogP contribution in [0.1, 0.15) is 19.4 Å². The minimum Gasteiger partial charge on any atom is -0.507 e. The number of nitro groups is 2. The standard InChI is InChI=1S/C10H12N2O5/c1-6(2)5-7-9(13)4-3-8(11(14)15)10(7)12(16)17/h3-4,6,13H,5H2,1-2H3. The quantitative estimate of drug-likeness (QED) is 0.642. The number of aromatic hydroxyl groups is 1. The Labute approximate surface area is 97.0 Å². The average Bonchev–Trinajstić information content (AvgIpc) is 2.19. The van der Waals surface area contributed by atoms with Gasteiger partial charge >= 0.3 is 11.4 Å². The lowest BCUT2D eigenvalue weighted by atomic mass is 9.99. The van der Waals surface area contributed by atoms with Gasteiger partial charge in [-0.15, -0.1) is 0 Å². The van der Waals surface area contributed by atoms with E-state index in [4.69, 9.17) is 0 Å². The summed E-state index contributed by atoms with van der Waals surface area (Å²) in [7, 11) is 0. The molecule has 0 radical (unpaired) electrons. The van der Waals surface area contributed by atoms with Crippen LogP contribution in [0.25, 0.3) is 0 Å². The number of hydrogen-bond acceptors (Lipinski definition) is 5. The van der Waals surface area contributed by atoms with E-state index >= 15 is 0 Å². The topological polar surface area (TPSA) is 107 Å². The van der Waals surface area contributed by atoms with Crippen LogP contribution in [0.5, 0.6) is 5.75 Å². The van der Waals surface area contributed by atoms with E-state index in [2.05, 4.69) is 0 Å². The summed E-state index contributed by atoms with van der Waals surface area (Å²) in [6.07, 6.45) is 0.212. The molecule has 0 saturated carbocycles. The summed E-state index contributed by atoms with van der Waals surface area (Å²) >= 11 is 0. The van der Waals surface area contributed by atoms with Gasteiger partial charge in [0.1, 0.15) is 5.75 Å². The van der Waals surface area contributed by atoms with Crippen molar-refractivity contribution in [2.75, 3.05) is 0 Å². The van der Waals surface area contributed by atoms with E-state index in [1.165, 1.54) is 0 Å². The van der Waals surface area contributed by atoms with E-state index in [1.807, 2.05) is 13.8 Å². The fraction of sp³-hybridized carbons (Fsp3) is 0.400. The van der Waals surface area contributed by atoms with Crippen molar-refractivity contribution in [2.24, 2.45) is 5.92 Å². The normalized spacial score (nSPS) is 10.5. The van der Waals surface area contributed by atoms with Gasteiger partial charge < -0.3 is 5.11 Å². The smallest absolute Gasteiger partial charge is 0.352 e. The zero-order valence-corrected chi connectivity index (χ0v) is 9.41. The molecule has 7 heteroatoms. The van der Waals surface area contributed by atoms with Crippen LogP contribution in [0, 0.1) is 26.1 Å². The lowest BCUT2D eigenvalue weighted by Crippen LogP contribution is -2.04. The van der Waals surface area contributed by atoms with Crippen LogP contribution < -0.4 is 0 Å². The molecule has 92 valence electrons. The van der Waals surface area contributed by atoms with E-state index in [1.54, 1.807) is 0 Å². The van der Waals surface area contributed by atoms with Gasteiger partial charge in [0.15, 0.2) is 0 Å². The van der Waals surface area contributed by atoms with E-state index in [0.29, 0.717) is 0 Å². The molecule has 0 fully saturated rings. The second-order valence-electron chi connectivity index (χ2n) is 4.04. The van der Waals surface area contributed by atoms with Gasteiger partial charge in [0.2, 0.25) is 0 Å². The minimum absolute atomic E-state index is 0.0131. The molecule has 1 rings (SSSR count). The Kier molecular flexibility index (Phi) is 3.62. The third-order valence-electron chi connectivity index (χ3n) is 2.23. The molecular formula is C10H12N2O5. The summed E-state index contributed by atoms with van der Waals surface area (Å²) in [5.41, 5.74) is -1.20. The van der Waals surface area contributed by atoms with Crippen molar-refractivity contribution in [2.45, 2.75) is 20.3 Å². The molecule has 1 aromatic carbocycles. The summed E-state index contributed by atoms with van der Waals surface area (Å²) in [6.45, 7) is 3.62. The van der Waals surface area contributed by atoms with Gasteiger partial charge in [-0.25, -0.2) is 0 Å².